The molecule has 21 heavy (non-hydrogen) atoms. The van der Waals surface area contributed by atoms with Gasteiger partial charge in [-0.25, -0.2) is 4.79 Å². The van der Waals surface area contributed by atoms with E-state index in [1.165, 1.54) is 12.1 Å². The minimum Gasteiger partial charge on any atom is -0.478 e. The highest BCUT2D eigenvalue weighted by Gasteiger charge is 2.14. The number of amides is 1. The summed E-state index contributed by atoms with van der Waals surface area (Å²) in [6, 6.07) is 6.68. The summed E-state index contributed by atoms with van der Waals surface area (Å²) in [5.74, 6) is -1.27. The number of aliphatic carboxylic acids is 1. The van der Waals surface area contributed by atoms with Crippen molar-refractivity contribution < 1.29 is 14.7 Å². The highest BCUT2D eigenvalue weighted by atomic mass is 35.5. The number of rotatable bonds is 6. The second kappa shape index (κ2) is 8.08. The highest BCUT2D eigenvalue weighted by Crippen LogP contribution is 2.20. The normalized spacial score (nSPS) is 10.3. The maximum absolute atomic E-state index is 12.3. The fraction of sp³-hybridized carbons (Fsp3) is 0.267. The van der Waals surface area contributed by atoms with Crippen molar-refractivity contribution in [3.05, 3.63) is 40.4 Å². The summed E-state index contributed by atoms with van der Waals surface area (Å²) < 4.78 is 0. The van der Waals surface area contributed by atoms with Crippen LogP contribution in [0.2, 0.25) is 5.02 Å². The lowest BCUT2D eigenvalue weighted by atomic mass is 10.1. The standard InChI is InChI=1S/C15H15ClN2O3/c1-2-18(9-3-8-17)15(21)12-5-4-11(13(16)10-12)6-7-14(19)20/h4-7,10H,2-3,9H2,1H3,(H,19,20)/b7-6+. The summed E-state index contributed by atoms with van der Waals surface area (Å²) >= 11 is 6.04. The van der Waals surface area contributed by atoms with Crippen molar-refractivity contribution in [3.8, 4) is 6.07 Å². The molecule has 6 heteroatoms. The van der Waals surface area contributed by atoms with Gasteiger partial charge in [0.05, 0.1) is 12.5 Å². The van der Waals surface area contributed by atoms with Gasteiger partial charge in [0.25, 0.3) is 5.91 Å². The first-order valence-corrected chi connectivity index (χ1v) is 6.74. The molecule has 5 nitrogen and oxygen atoms in total. The fourth-order valence-corrected chi connectivity index (χ4v) is 1.97. The van der Waals surface area contributed by atoms with E-state index in [0.717, 1.165) is 6.08 Å². The Bertz CT molecular complexity index is 605. The molecule has 0 bridgehead atoms. The van der Waals surface area contributed by atoms with Crippen LogP contribution in [0.15, 0.2) is 24.3 Å². The molecule has 1 rings (SSSR count). The van der Waals surface area contributed by atoms with E-state index in [1.54, 1.807) is 17.0 Å². The van der Waals surface area contributed by atoms with Crippen molar-refractivity contribution in [2.45, 2.75) is 13.3 Å². The Morgan fingerprint density at radius 3 is 2.71 bits per heavy atom. The van der Waals surface area contributed by atoms with Gasteiger partial charge in [-0.15, -0.1) is 0 Å². The minimum atomic E-state index is -1.07. The highest BCUT2D eigenvalue weighted by molar-refractivity contribution is 6.32. The predicted octanol–water partition coefficient (Wildman–Crippen LogP) is 2.81. The second-order valence-corrected chi connectivity index (χ2v) is 4.61. The molecule has 0 aromatic heterocycles. The summed E-state index contributed by atoms with van der Waals surface area (Å²) in [7, 11) is 0. The van der Waals surface area contributed by atoms with Crippen molar-refractivity contribution in [1.82, 2.24) is 4.90 Å². The van der Waals surface area contributed by atoms with Crippen LogP contribution in [-0.2, 0) is 4.79 Å². The Balaban J connectivity index is 2.94. The number of carbonyl (C=O) groups is 2. The molecule has 1 aromatic carbocycles. The molecule has 0 heterocycles. The first kappa shape index (κ1) is 16.7. The second-order valence-electron chi connectivity index (χ2n) is 4.20. The number of hydrogen-bond acceptors (Lipinski definition) is 3. The van der Waals surface area contributed by atoms with E-state index < -0.39 is 5.97 Å². The van der Waals surface area contributed by atoms with Gasteiger partial charge >= 0.3 is 5.97 Å². The molecular weight excluding hydrogens is 292 g/mol. The van der Waals surface area contributed by atoms with E-state index >= 15 is 0 Å². The Morgan fingerprint density at radius 2 is 2.19 bits per heavy atom. The molecule has 0 fully saturated rings. The Morgan fingerprint density at radius 1 is 1.48 bits per heavy atom. The lowest BCUT2D eigenvalue weighted by molar-refractivity contribution is -0.131. The van der Waals surface area contributed by atoms with Crippen LogP contribution >= 0.6 is 11.6 Å². The van der Waals surface area contributed by atoms with Crippen molar-refractivity contribution in [2.75, 3.05) is 13.1 Å². The molecule has 1 N–H and O–H groups in total. The number of nitrogens with zero attached hydrogens (tertiary/aromatic N) is 2. The van der Waals surface area contributed by atoms with Crippen LogP contribution in [0.5, 0.6) is 0 Å². The van der Waals surface area contributed by atoms with Crippen LogP contribution < -0.4 is 0 Å². The van der Waals surface area contributed by atoms with Crippen LogP contribution in [0.4, 0.5) is 0 Å². The van der Waals surface area contributed by atoms with Gasteiger partial charge in [0.15, 0.2) is 0 Å². The maximum atomic E-state index is 12.3. The van der Waals surface area contributed by atoms with Crippen LogP contribution in [0.25, 0.3) is 6.08 Å². The molecule has 0 aliphatic rings. The molecule has 0 atom stereocenters. The Hall–Kier alpha value is -2.32. The Labute approximate surface area is 128 Å². The minimum absolute atomic E-state index is 0.205. The quantitative estimate of drug-likeness (QED) is 0.819. The van der Waals surface area contributed by atoms with Gasteiger partial charge in [-0.3, -0.25) is 4.79 Å². The number of benzene rings is 1. The molecule has 0 saturated carbocycles. The first-order chi connectivity index (χ1) is 9.99. The van der Waals surface area contributed by atoms with Gasteiger partial charge in [-0.2, -0.15) is 5.26 Å². The van der Waals surface area contributed by atoms with Crippen LogP contribution in [0, 0.1) is 11.3 Å². The molecule has 1 amide bonds. The molecule has 0 aliphatic carbocycles. The fourth-order valence-electron chi connectivity index (χ4n) is 1.73. The number of carboxylic acid groups (broad SMARTS) is 1. The van der Waals surface area contributed by atoms with Gasteiger partial charge in [-0.05, 0) is 30.7 Å². The van der Waals surface area contributed by atoms with Crippen LogP contribution in [0.1, 0.15) is 29.3 Å². The Kier molecular flexibility index (Phi) is 6.44. The van der Waals surface area contributed by atoms with E-state index in [1.807, 2.05) is 13.0 Å². The van der Waals surface area contributed by atoms with Gasteiger partial charge in [0, 0.05) is 29.8 Å². The first-order valence-electron chi connectivity index (χ1n) is 6.36. The third kappa shape index (κ3) is 4.93. The number of carbonyl (C=O) groups excluding carboxylic acids is 1. The van der Waals surface area contributed by atoms with E-state index in [0.29, 0.717) is 29.2 Å². The maximum Gasteiger partial charge on any atom is 0.328 e. The molecule has 0 radical (unpaired) electrons. The lowest BCUT2D eigenvalue weighted by Crippen LogP contribution is -2.31. The third-order valence-corrected chi connectivity index (χ3v) is 3.14. The van der Waals surface area contributed by atoms with E-state index in [9.17, 15) is 9.59 Å². The number of nitriles is 1. The van der Waals surface area contributed by atoms with Gasteiger partial charge in [0.1, 0.15) is 0 Å². The van der Waals surface area contributed by atoms with E-state index in [4.69, 9.17) is 22.0 Å². The molecule has 0 spiro atoms. The van der Waals surface area contributed by atoms with E-state index in [-0.39, 0.29) is 12.3 Å². The zero-order chi connectivity index (χ0) is 15.8. The zero-order valence-electron chi connectivity index (χ0n) is 11.5. The van der Waals surface area contributed by atoms with Gasteiger partial charge < -0.3 is 10.0 Å². The van der Waals surface area contributed by atoms with Gasteiger partial charge in [0.2, 0.25) is 0 Å². The lowest BCUT2D eigenvalue weighted by Gasteiger charge is -2.19. The predicted molar refractivity (Wildman–Crippen MR) is 79.9 cm³/mol. The van der Waals surface area contributed by atoms with Gasteiger partial charge in [-0.1, -0.05) is 17.7 Å². The van der Waals surface area contributed by atoms with Crippen LogP contribution in [-0.4, -0.2) is 35.0 Å². The topological polar surface area (TPSA) is 81.4 Å². The summed E-state index contributed by atoms with van der Waals surface area (Å²) in [6.45, 7) is 2.70. The summed E-state index contributed by atoms with van der Waals surface area (Å²) in [5.41, 5.74) is 0.933. The van der Waals surface area contributed by atoms with Crippen LogP contribution in [0.3, 0.4) is 0 Å². The van der Waals surface area contributed by atoms with Crippen molar-refractivity contribution in [2.24, 2.45) is 0 Å². The average molecular weight is 307 g/mol. The number of hydrogen-bond donors (Lipinski definition) is 1. The number of carboxylic acids is 1. The molecular formula is C15H15ClN2O3. The molecule has 0 saturated heterocycles. The molecule has 0 unspecified atom stereocenters. The molecule has 110 valence electrons. The third-order valence-electron chi connectivity index (χ3n) is 2.82. The van der Waals surface area contributed by atoms with E-state index in [2.05, 4.69) is 0 Å². The smallest absolute Gasteiger partial charge is 0.328 e. The van der Waals surface area contributed by atoms with Crippen molar-refractivity contribution >= 4 is 29.6 Å². The van der Waals surface area contributed by atoms with Crippen molar-refractivity contribution in [1.29, 1.82) is 5.26 Å². The SMILES string of the molecule is CCN(CCC#N)C(=O)c1ccc(/C=C/C(=O)O)c(Cl)c1. The average Bonchev–Trinajstić information content (AvgIpc) is 2.46. The largest absolute Gasteiger partial charge is 0.478 e. The number of halogens is 1. The zero-order valence-corrected chi connectivity index (χ0v) is 12.3. The molecule has 1 aromatic rings. The van der Waals surface area contributed by atoms with Crippen molar-refractivity contribution in [3.63, 3.8) is 0 Å². The monoisotopic (exact) mass is 306 g/mol. The summed E-state index contributed by atoms with van der Waals surface area (Å²) in [4.78, 5) is 24.3. The summed E-state index contributed by atoms with van der Waals surface area (Å²) in [6.07, 6.45) is 2.62. The molecule has 0 aliphatic heterocycles. The summed E-state index contributed by atoms with van der Waals surface area (Å²) in [5, 5.41) is 17.5.